The van der Waals surface area contributed by atoms with E-state index in [-0.39, 0.29) is 0 Å². The van der Waals surface area contributed by atoms with Crippen LogP contribution in [-0.4, -0.2) is 22.1 Å². The molecule has 4 heteroatoms. The zero-order chi connectivity index (χ0) is 10.3. The average Bonchev–Trinajstić information content (AvgIpc) is 2.76. The van der Waals surface area contributed by atoms with E-state index in [2.05, 4.69) is 15.0 Å². The Morgan fingerprint density at radius 1 is 1.27 bits per heavy atom. The minimum absolute atomic E-state index is 0.584. The summed E-state index contributed by atoms with van der Waals surface area (Å²) in [5.74, 6) is 0.584. The summed E-state index contributed by atoms with van der Waals surface area (Å²) in [7, 11) is 1.60. The number of aromatic nitrogens is 3. The Labute approximate surface area is 85.9 Å². The number of nitrogens with one attached hydrogen (secondary N) is 1. The molecule has 1 N–H and O–H groups in total. The van der Waals surface area contributed by atoms with Gasteiger partial charge in [-0.15, -0.1) is 0 Å². The summed E-state index contributed by atoms with van der Waals surface area (Å²) >= 11 is 0. The minimum Gasteiger partial charge on any atom is -0.481 e. The van der Waals surface area contributed by atoms with E-state index in [1.165, 1.54) is 0 Å². The first kappa shape index (κ1) is 8.23. The molecule has 15 heavy (non-hydrogen) atoms. The number of nitrogens with zero attached hydrogens (tertiary/aromatic N) is 2. The summed E-state index contributed by atoms with van der Waals surface area (Å²) in [6, 6.07) is 5.79. The van der Waals surface area contributed by atoms with Crippen LogP contribution in [0.5, 0.6) is 5.88 Å². The molecule has 0 aliphatic carbocycles. The third-order valence-electron chi connectivity index (χ3n) is 2.43. The summed E-state index contributed by atoms with van der Waals surface area (Å²) in [5, 5.41) is 2.10. The van der Waals surface area contributed by atoms with Crippen LogP contribution < -0.4 is 4.74 Å². The van der Waals surface area contributed by atoms with Gasteiger partial charge in [0, 0.05) is 29.2 Å². The molecule has 0 aromatic carbocycles. The standard InChI is InChI=1S/C11H9N3O/c1-15-9-3-2-8-10-7(4-5-12-10)6-13-11(8)14-9/h2-6,12H,1H3. The number of fused-ring (bicyclic) bond motifs is 3. The van der Waals surface area contributed by atoms with Gasteiger partial charge < -0.3 is 9.72 Å². The van der Waals surface area contributed by atoms with Crippen molar-refractivity contribution in [3.05, 3.63) is 30.6 Å². The van der Waals surface area contributed by atoms with Crippen molar-refractivity contribution in [1.29, 1.82) is 0 Å². The van der Waals surface area contributed by atoms with Gasteiger partial charge in [-0.1, -0.05) is 0 Å². The molecule has 0 bridgehead atoms. The molecule has 0 saturated heterocycles. The number of ether oxygens (including phenoxy) is 1. The van der Waals surface area contributed by atoms with Crippen molar-refractivity contribution in [3.63, 3.8) is 0 Å². The van der Waals surface area contributed by atoms with E-state index in [1.54, 1.807) is 13.3 Å². The predicted molar refractivity (Wildman–Crippen MR) is 57.9 cm³/mol. The van der Waals surface area contributed by atoms with Crippen molar-refractivity contribution in [2.45, 2.75) is 0 Å². The summed E-state index contributed by atoms with van der Waals surface area (Å²) in [6.07, 6.45) is 3.70. The molecule has 0 aliphatic rings. The van der Waals surface area contributed by atoms with Crippen LogP contribution in [0, 0.1) is 0 Å². The first-order valence-corrected chi connectivity index (χ1v) is 4.65. The van der Waals surface area contributed by atoms with Gasteiger partial charge in [0.25, 0.3) is 0 Å². The number of methoxy groups -OCH3 is 1. The fourth-order valence-electron chi connectivity index (χ4n) is 1.69. The molecule has 3 aromatic rings. The van der Waals surface area contributed by atoms with E-state index in [9.17, 15) is 0 Å². The average molecular weight is 199 g/mol. The van der Waals surface area contributed by atoms with Gasteiger partial charge in [0.2, 0.25) is 5.88 Å². The highest BCUT2D eigenvalue weighted by Gasteiger charge is 2.04. The molecular weight excluding hydrogens is 190 g/mol. The molecule has 0 saturated carbocycles. The third kappa shape index (κ3) is 1.15. The normalized spacial score (nSPS) is 11.0. The quantitative estimate of drug-likeness (QED) is 0.653. The van der Waals surface area contributed by atoms with Crippen molar-refractivity contribution < 1.29 is 4.74 Å². The van der Waals surface area contributed by atoms with Crippen molar-refractivity contribution in [1.82, 2.24) is 15.0 Å². The Morgan fingerprint density at radius 3 is 3.07 bits per heavy atom. The van der Waals surface area contributed by atoms with Crippen molar-refractivity contribution in [2.24, 2.45) is 0 Å². The highest BCUT2D eigenvalue weighted by atomic mass is 16.5. The van der Waals surface area contributed by atoms with E-state index in [0.717, 1.165) is 16.3 Å². The van der Waals surface area contributed by atoms with Gasteiger partial charge in [0.1, 0.15) is 0 Å². The molecular formula is C11H9N3O. The van der Waals surface area contributed by atoms with Gasteiger partial charge in [-0.3, -0.25) is 0 Å². The Balaban J connectivity index is 2.44. The fraction of sp³-hybridized carbons (Fsp3) is 0.0909. The lowest BCUT2D eigenvalue weighted by Crippen LogP contribution is -1.90. The lowest BCUT2D eigenvalue weighted by Gasteiger charge is -2.01. The highest BCUT2D eigenvalue weighted by molar-refractivity contribution is 6.01. The van der Waals surface area contributed by atoms with Crippen LogP contribution in [0.1, 0.15) is 0 Å². The molecule has 74 valence electrons. The van der Waals surface area contributed by atoms with E-state index >= 15 is 0 Å². The van der Waals surface area contributed by atoms with Crippen LogP contribution in [0.4, 0.5) is 0 Å². The second-order valence-electron chi connectivity index (χ2n) is 3.29. The number of H-pyrrole nitrogens is 1. The lowest BCUT2D eigenvalue weighted by molar-refractivity contribution is 0.399. The number of rotatable bonds is 1. The van der Waals surface area contributed by atoms with Crippen LogP contribution >= 0.6 is 0 Å². The van der Waals surface area contributed by atoms with Crippen LogP contribution in [-0.2, 0) is 0 Å². The van der Waals surface area contributed by atoms with Gasteiger partial charge in [0.05, 0.1) is 12.6 Å². The zero-order valence-electron chi connectivity index (χ0n) is 8.19. The smallest absolute Gasteiger partial charge is 0.215 e. The van der Waals surface area contributed by atoms with Crippen LogP contribution in [0.25, 0.3) is 21.9 Å². The topological polar surface area (TPSA) is 50.8 Å². The lowest BCUT2D eigenvalue weighted by atomic mass is 10.2. The second kappa shape index (κ2) is 2.95. The van der Waals surface area contributed by atoms with Gasteiger partial charge in [-0.05, 0) is 12.1 Å². The fourth-order valence-corrected chi connectivity index (χ4v) is 1.69. The molecule has 3 heterocycles. The van der Waals surface area contributed by atoms with Crippen molar-refractivity contribution in [2.75, 3.05) is 7.11 Å². The van der Waals surface area contributed by atoms with Gasteiger partial charge in [0.15, 0.2) is 5.65 Å². The molecule has 0 atom stereocenters. The molecule has 3 aromatic heterocycles. The highest BCUT2D eigenvalue weighted by Crippen LogP contribution is 2.22. The molecule has 0 radical (unpaired) electrons. The Bertz CT molecular complexity index is 630. The van der Waals surface area contributed by atoms with E-state index in [0.29, 0.717) is 11.5 Å². The SMILES string of the molecule is COc1ccc2c(ncc3cc[nH]c32)n1. The molecule has 0 spiro atoms. The maximum atomic E-state index is 5.05. The zero-order valence-corrected chi connectivity index (χ0v) is 8.19. The second-order valence-corrected chi connectivity index (χ2v) is 3.29. The summed E-state index contributed by atoms with van der Waals surface area (Å²) in [6.45, 7) is 0. The predicted octanol–water partition coefficient (Wildman–Crippen LogP) is 2.12. The van der Waals surface area contributed by atoms with Crippen LogP contribution in [0.15, 0.2) is 30.6 Å². The monoisotopic (exact) mass is 199 g/mol. The van der Waals surface area contributed by atoms with Crippen LogP contribution in [0.3, 0.4) is 0 Å². The summed E-state index contributed by atoms with van der Waals surface area (Å²) in [4.78, 5) is 11.7. The first-order valence-electron chi connectivity index (χ1n) is 4.65. The Kier molecular flexibility index (Phi) is 1.62. The third-order valence-corrected chi connectivity index (χ3v) is 2.43. The first-order chi connectivity index (χ1) is 7.38. The maximum Gasteiger partial charge on any atom is 0.215 e. The van der Waals surface area contributed by atoms with Gasteiger partial charge >= 0.3 is 0 Å². The minimum atomic E-state index is 0.584. The van der Waals surface area contributed by atoms with Crippen molar-refractivity contribution in [3.8, 4) is 5.88 Å². The van der Waals surface area contributed by atoms with E-state index < -0.39 is 0 Å². The largest absolute Gasteiger partial charge is 0.481 e. The summed E-state index contributed by atoms with van der Waals surface area (Å²) < 4.78 is 5.05. The van der Waals surface area contributed by atoms with E-state index in [1.807, 2.05) is 24.4 Å². The number of hydrogen-bond acceptors (Lipinski definition) is 3. The molecule has 0 unspecified atom stereocenters. The molecule has 0 amide bonds. The Hall–Kier alpha value is -2.10. The van der Waals surface area contributed by atoms with Gasteiger partial charge in [-0.25, -0.2) is 4.98 Å². The van der Waals surface area contributed by atoms with Gasteiger partial charge in [-0.2, -0.15) is 4.98 Å². The number of aromatic amines is 1. The maximum absolute atomic E-state index is 5.05. The Morgan fingerprint density at radius 2 is 2.20 bits per heavy atom. The molecule has 4 nitrogen and oxygen atoms in total. The van der Waals surface area contributed by atoms with Crippen molar-refractivity contribution >= 4 is 21.9 Å². The molecule has 0 aliphatic heterocycles. The van der Waals surface area contributed by atoms with Crippen LogP contribution in [0.2, 0.25) is 0 Å². The summed E-state index contributed by atoms with van der Waals surface area (Å²) in [5.41, 5.74) is 1.76. The number of hydrogen-bond donors (Lipinski definition) is 1. The number of pyridine rings is 2. The molecule has 3 rings (SSSR count). The van der Waals surface area contributed by atoms with E-state index in [4.69, 9.17) is 4.74 Å². The molecule has 0 fully saturated rings.